The van der Waals surface area contributed by atoms with Gasteiger partial charge in [-0.2, -0.15) is 0 Å². The molecule has 1 atom stereocenters. The van der Waals surface area contributed by atoms with E-state index in [9.17, 15) is 0 Å². The molecular formula is C11H13Cl2NS. The summed E-state index contributed by atoms with van der Waals surface area (Å²) < 4.78 is 1.48. The van der Waals surface area contributed by atoms with Gasteiger partial charge >= 0.3 is 0 Å². The van der Waals surface area contributed by atoms with Crippen LogP contribution in [0.2, 0.25) is 8.67 Å². The molecule has 1 aromatic heterocycles. The minimum absolute atomic E-state index is 0.179. The fraction of sp³-hybridized carbons (Fsp3) is 0.455. The van der Waals surface area contributed by atoms with Gasteiger partial charge < -0.3 is 5.32 Å². The van der Waals surface area contributed by atoms with E-state index in [0.717, 1.165) is 27.2 Å². The fourth-order valence-electron chi connectivity index (χ4n) is 1.33. The maximum atomic E-state index is 6.10. The van der Waals surface area contributed by atoms with Crippen LogP contribution in [0.15, 0.2) is 6.07 Å². The highest BCUT2D eigenvalue weighted by molar-refractivity contribution is 7.20. The van der Waals surface area contributed by atoms with Crippen LogP contribution < -0.4 is 5.32 Å². The third kappa shape index (κ3) is 3.70. The lowest BCUT2D eigenvalue weighted by atomic mass is 10.1. The maximum absolute atomic E-state index is 6.10. The number of hydrogen-bond acceptors (Lipinski definition) is 2. The van der Waals surface area contributed by atoms with Crippen molar-refractivity contribution in [3.05, 3.63) is 20.3 Å². The van der Waals surface area contributed by atoms with Gasteiger partial charge in [-0.3, -0.25) is 0 Å². The summed E-state index contributed by atoms with van der Waals surface area (Å²) in [5.74, 6) is 5.95. The average Bonchev–Trinajstić information content (AvgIpc) is 2.52. The second kappa shape index (κ2) is 6.40. The molecule has 0 radical (unpaired) electrons. The van der Waals surface area contributed by atoms with Crippen molar-refractivity contribution in [3.63, 3.8) is 0 Å². The summed E-state index contributed by atoms with van der Waals surface area (Å²) in [5.41, 5.74) is 1.05. The van der Waals surface area contributed by atoms with Crippen molar-refractivity contribution in [3.8, 4) is 11.8 Å². The third-order valence-electron chi connectivity index (χ3n) is 1.99. The Morgan fingerprint density at radius 3 is 2.73 bits per heavy atom. The number of nitrogens with one attached hydrogen (secondary N) is 1. The number of hydrogen-bond donors (Lipinski definition) is 1. The summed E-state index contributed by atoms with van der Waals surface area (Å²) in [4.78, 5) is 0. The molecule has 0 saturated heterocycles. The van der Waals surface area contributed by atoms with E-state index in [1.807, 2.05) is 13.0 Å². The van der Waals surface area contributed by atoms with Gasteiger partial charge in [0.25, 0.3) is 0 Å². The molecule has 0 amide bonds. The summed E-state index contributed by atoms with van der Waals surface area (Å²) in [6, 6.07) is 2.10. The number of rotatable bonds is 4. The summed E-state index contributed by atoms with van der Waals surface area (Å²) >= 11 is 13.4. The van der Waals surface area contributed by atoms with Crippen molar-refractivity contribution >= 4 is 34.5 Å². The van der Waals surface area contributed by atoms with E-state index in [4.69, 9.17) is 23.2 Å². The Hall–Kier alpha value is -0.200. The van der Waals surface area contributed by atoms with E-state index in [-0.39, 0.29) is 6.04 Å². The molecule has 0 fully saturated rings. The van der Waals surface area contributed by atoms with E-state index in [0.29, 0.717) is 0 Å². The highest BCUT2D eigenvalue weighted by atomic mass is 35.5. The fourth-order valence-corrected chi connectivity index (χ4v) is 2.91. The molecular weight excluding hydrogens is 249 g/mol. The Morgan fingerprint density at radius 2 is 2.27 bits per heavy atom. The van der Waals surface area contributed by atoms with Gasteiger partial charge in [-0.25, -0.2) is 0 Å². The summed E-state index contributed by atoms with van der Waals surface area (Å²) in [6.07, 6.45) is 0.761. The first-order chi connectivity index (χ1) is 7.19. The topological polar surface area (TPSA) is 12.0 Å². The van der Waals surface area contributed by atoms with Crippen LogP contribution in [0.3, 0.4) is 0 Å². The van der Waals surface area contributed by atoms with Crippen LogP contribution in [-0.4, -0.2) is 6.54 Å². The molecule has 0 aliphatic carbocycles. The molecule has 15 heavy (non-hydrogen) atoms. The highest BCUT2D eigenvalue weighted by Gasteiger charge is 2.15. The van der Waals surface area contributed by atoms with E-state index in [1.165, 1.54) is 11.3 Å². The van der Waals surface area contributed by atoms with Gasteiger partial charge in [-0.05, 0) is 19.5 Å². The molecule has 1 aromatic rings. The molecule has 1 heterocycles. The molecule has 0 spiro atoms. The maximum Gasteiger partial charge on any atom is 0.0992 e. The molecule has 0 aliphatic heterocycles. The number of thiophene rings is 1. The SMILES string of the molecule is CC#CCC(NCC)c1cc(Cl)sc1Cl. The first kappa shape index (κ1) is 12.9. The molecule has 4 heteroatoms. The quantitative estimate of drug-likeness (QED) is 0.805. The Balaban J connectivity index is 2.85. The van der Waals surface area contributed by atoms with Crippen molar-refractivity contribution in [2.75, 3.05) is 6.54 Å². The van der Waals surface area contributed by atoms with Crippen LogP contribution in [-0.2, 0) is 0 Å². The third-order valence-corrected chi connectivity index (χ3v) is 3.51. The van der Waals surface area contributed by atoms with Gasteiger partial charge in [0, 0.05) is 18.0 Å². The summed E-state index contributed by atoms with van der Waals surface area (Å²) in [7, 11) is 0. The van der Waals surface area contributed by atoms with Crippen molar-refractivity contribution in [2.24, 2.45) is 0 Å². The van der Waals surface area contributed by atoms with Gasteiger partial charge in [-0.1, -0.05) is 30.1 Å². The van der Waals surface area contributed by atoms with Crippen LogP contribution in [0, 0.1) is 11.8 Å². The number of halogens is 2. The van der Waals surface area contributed by atoms with Crippen LogP contribution in [0.1, 0.15) is 31.9 Å². The van der Waals surface area contributed by atoms with Crippen molar-refractivity contribution in [1.29, 1.82) is 0 Å². The molecule has 1 rings (SSSR count). The second-order valence-electron chi connectivity index (χ2n) is 3.02. The van der Waals surface area contributed by atoms with Gasteiger partial charge in [-0.15, -0.1) is 23.2 Å². The van der Waals surface area contributed by atoms with E-state index in [2.05, 4.69) is 24.1 Å². The zero-order valence-corrected chi connectivity index (χ0v) is 11.1. The van der Waals surface area contributed by atoms with Gasteiger partial charge in [0.1, 0.15) is 0 Å². The summed E-state index contributed by atoms with van der Waals surface area (Å²) in [5, 5.41) is 3.35. The van der Waals surface area contributed by atoms with Gasteiger partial charge in [0.2, 0.25) is 0 Å². The first-order valence-electron chi connectivity index (χ1n) is 4.76. The van der Waals surface area contributed by atoms with Crippen molar-refractivity contribution in [2.45, 2.75) is 26.3 Å². The zero-order chi connectivity index (χ0) is 11.3. The first-order valence-corrected chi connectivity index (χ1v) is 6.34. The lowest BCUT2D eigenvalue weighted by Crippen LogP contribution is -2.20. The normalized spacial score (nSPS) is 12.0. The Labute approximate surface area is 105 Å². The average molecular weight is 262 g/mol. The molecule has 1 N–H and O–H groups in total. The molecule has 82 valence electrons. The summed E-state index contributed by atoms with van der Waals surface area (Å²) in [6.45, 7) is 4.79. The van der Waals surface area contributed by atoms with Gasteiger partial charge in [0.05, 0.1) is 8.67 Å². The largest absolute Gasteiger partial charge is 0.309 e. The molecule has 0 saturated carbocycles. The lowest BCUT2D eigenvalue weighted by Gasteiger charge is -2.14. The molecule has 0 bridgehead atoms. The molecule has 0 aromatic carbocycles. The molecule has 1 nitrogen and oxygen atoms in total. The monoisotopic (exact) mass is 261 g/mol. The standard InChI is InChI=1S/C11H13Cl2NS/c1-3-5-6-9(14-4-2)8-7-10(12)15-11(8)13/h7,9,14H,4,6H2,1-2H3. The Morgan fingerprint density at radius 1 is 1.53 bits per heavy atom. The minimum Gasteiger partial charge on any atom is -0.309 e. The van der Waals surface area contributed by atoms with Crippen molar-refractivity contribution in [1.82, 2.24) is 5.32 Å². The van der Waals surface area contributed by atoms with E-state index >= 15 is 0 Å². The van der Waals surface area contributed by atoms with Crippen LogP contribution in [0.5, 0.6) is 0 Å². The van der Waals surface area contributed by atoms with E-state index < -0.39 is 0 Å². The predicted molar refractivity (Wildman–Crippen MR) is 68.8 cm³/mol. The molecule has 1 unspecified atom stereocenters. The Kier molecular flexibility index (Phi) is 5.49. The van der Waals surface area contributed by atoms with Crippen LogP contribution in [0.4, 0.5) is 0 Å². The lowest BCUT2D eigenvalue weighted by molar-refractivity contribution is 0.567. The van der Waals surface area contributed by atoms with Crippen molar-refractivity contribution < 1.29 is 0 Å². The predicted octanol–water partition coefficient (Wildman–Crippen LogP) is 4.12. The zero-order valence-electron chi connectivity index (χ0n) is 8.73. The second-order valence-corrected chi connectivity index (χ2v) is 5.31. The Bertz CT molecular complexity index is 376. The van der Waals surface area contributed by atoms with E-state index in [1.54, 1.807) is 0 Å². The van der Waals surface area contributed by atoms with Crippen LogP contribution in [0.25, 0.3) is 0 Å². The van der Waals surface area contributed by atoms with Crippen LogP contribution >= 0.6 is 34.5 Å². The molecule has 0 aliphatic rings. The van der Waals surface area contributed by atoms with Gasteiger partial charge in [0.15, 0.2) is 0 Å². The highest BCUT2D eigenvalue weighted by Crippen LogP contribution is 2.35. The minimum atomic E-state index is 0.179. The smallest absolute Gasteiger partial charge is 0.0992 e.